The first-order valence-electron chi connectivity index (χ1n) is 7.96. The smallest absolute Gasteiger partial charge is 0.207 e. The van der Waals surface area contributed by atoms with E-state index >= 15 is 0 Å². The normalized spacial score (nSPS) is 10.5. The zero-order valence-corrected chi connectivity index (χ0v) is 15.3. The highest BCUT2D eigenvalue weighted by molar-refractivity contribution is 7.89. The van der Waals surface area contributed by atoms with E-state index in [0.717, 1.165) is 11.1 Å². The quantitative estimate of drug-likeness (QED) is 0.585. The van der Waals surface area contributed by atoms with Crippen molar-refractivity contribution < 1.29 is 8.42 Å². The highest BCUT2D eigenvalue weighted by atomic mass is 32.2. The van der Waals surface area contributed by atoms with E-state index in [2.05, 4.69) is 17.6 Å². The third-order valence-corrected chi connectivity index (χ3v) is 5.38. The summed E-state index contributed by atoms with van der Waals surface area (Å²) in [7, 11) is -3.59. The van der Waals surface area contributed by atoms with E-state index in [0.29, 0.717) is 0 Å². The Balaban J connectivity index is 2.21. The van der Waals surface area contributed by atoms with Gasteiger partial charge in [-0.25, -0.2) is 8.42 Å². The van der Waals surface area contributed by atoms with Gasteiger partial charge in [0.1, 0.15) is 0 Å². The van der Waals surface area contributed by atoms with Crippen molar-refractivity contribution >= 4 is 16.1 Å². The molecule has 0 atom stereocenters. The number of nitrogens with zero attached hydrogens (tertiary/aromatic N) is 1. The minimum Gasteiger partial charge on any atom is -0.207 e. The van der Waals surface area contributed by atoms with E-state index in [4.69, 9.17) is 0 Å². The van der Waals surface area contributed by atoms with Gasteiger partial charge in [0.25, 0.3) is 0 Å². The summed E-state index contributed by atoms with van der Waals surface area (Å²) >= 11 is 0. The predicted octanol–water partition coefficient (Wildman–Crippen LogP) is 3.88. The van der Waals surface area contributed by atoms with Crippen LogP contribution in [0.2, 0.25) is 0 Å². The Bertz CT molecular complexity index is 911. The minimum absolute atomic E-state index is 0.149. The van der Waals surface area contributed by atoms with Gasteiger partial charge in [-0.15, -0.1) is 11.7 Å². The van der Waals surface area contributed by atoms with Gasteiger partial charge >= 0.3 is 0 Å². The van der Waals surface area contributed by atoms with Gasteiger partial charge in [-0.3, -0.25) is 0 Å². The molecule has 0 heterocycles. The molecule has 0 saturated carbocycles. The molecule has 0 amide bonds. The monoisotopic (exact) mass is 351 g/mol. The zero-order chi connectivity index (χ0) is 18.1. The van der Waals surface area contributed by atoms with Gasteiger partial charge in [0.2, 0.25) is 10.0 Å². The number of aryl methyl sites for hydroxylation is 1. The molecule has 0 bridgehead atoms. The molecule has 0 N–H and O–H groups in total. The largest absolute Gasteiger partial charge is 0.244 e. The molecule has 0 aliphatic heterocycles. The van der Waals surface area contributed by atoms with E-state index in [9.17, 15) is 8.42 Å². The van der Waals surface area contributed by atoms with E-state index in [1.807, 2.05) is 43.3 Å². The molecule has 2 rings (SSSR count). The van der Waals surface area contributed by atoms with Gasteiger partial charge < -0.3 is 0 Å². The Kier molecular flexibility index (Phi) is 6.80. The average molecular weight is 351 g/mol. The van der Waals surface area contributed by atoms with Crippen LogP contribution in [0.25, 0.3) is 6.08 Å². The third-order valence-electron chi connectivity index (χ3n) is 3.55. The maximum atomic E-state index is 12.8. The van der Waals surface area contributed by atoms with E-state index in [1.165, 1.54) is 4.31 Å². The van der Waals surface area contributed by atoms with Crippen molar-refractivity contribution in [3.63, 3.8) is 0 Å². The van der Waals surface area contributed by atoms with E-state index < -0.39 is 10.0 Å². The van der Waals surface area contributed by atoms with Crippen molar-refractivity contribution in [1.29, 1.82) is 0 Å². The molecule has 0 spiro atoms. The van der Waals surface area contributed by atoms with E-state index in [1.54, 1.807) is 37.3 Å². The number of sulfonamides is 1. The molecular weight excluding hydrogens is 330 g/mol. The van der Waals surface area contributed by atoms with Crippen LogP contribution in [0.15, 0.2) is 71.3 Å². The molecule has 0 aliphatic carbocycles. The minimum atomic E-state index is -3.59. The summed E-state index contributed by atoms with van der Waals surface area (Å²) < 4.78 is 27.0. The van der Waals surface area contributed by atoms with Gasteiger partial charge in [0, 0.05) is 6.54 Å². The van der Waals surface area contributed by atoms with Crippen LogP contribution in [0.4, 0.5) is 0 Å². The Morgan fingerprint density at radius 1 is 1.04 bits per heavy atom. The molecule has 0 aliphatic rings. The molecule has 0 radical (unpaired) electrons. The van der Waals surface area contributed by atoms with Crippen LogP contribution in [-0.4, -0.2) is 25.8 Å². The highest BCUT2D eigenvalue weighted by Gasteiger charge is 2.22. The SMILES string of the molecule is CC#CCN(CC=C=Cc1ccccc1)S(=O)(=O)c1ccc(C)cc1. The molecule has 0 fully saturated rings. The van der Waals surface area contributed by atoms with Gasteiger partial charge in [-0.05, 0) is 43.7 Å². The molecule has 4 heteroatoms. The Labute approximate surface area is 150 Å². The number of rotatable bonds is 6. The fourth-order valence-corrected chi connectivity index (χ4v) is 3.42. The molecule has 2 aromatic carbocycles. The lowest BCUT2D eigenvalue weighted by molar-refractivity contribution is 0.478. The van der Waals surface area contributed by atoms with Gasteiger partial charge in [-0.2, -0.15) is 4.31 Å². The highest BCUT2D eigenvalue weighted by Crippen LogP contribution is 2.16. The first-order valence-corrected chi connectivity index (χ1v) is 9.40. The number of hydrogen-bond donors (Lipinski definition) is 0. The lowest BCUT2D eigenvalue weighted by atomic mass is 10.2. The summed E-state index contributed by atoms with van der Waals surface area (Å²) in [6, 6.07) is 16.6. The summed E-state index contributed by atoms with van der Waals surface area (Å²) in [6.45, 7) is 3.99. The topological polar surface area (TPSA) is 37.4 Å². The maximum absolute atomic E-state index is 12.8. The van der Waals surface area contributed by atoms with Crippen LogP contribution in [0, 0.1) is 18.8 Å². The van der Waals surface area contributed by atoms with Crippen LogP contribution in [0.1, 0.15) is 18.1 Å². The molecule has 0 saturated heterocycles. The summed E-state index contributed by atoms with van der Waals surface area (Å²) in [5.41, 5.74) is 5.07. The predicted molar refractivity (Wildman–Crippen MR) is 102 cm³/mol. The molecule has 25 heavy (non-hydrogen) atoms. The first kappa shape index (κ1) is 18.8. The summed E-state index contributed by atoms with van der Waals surface area (Å²) in [4.78, 5) is 0.274. The molecule has 2 aromatic rings. The van der Waals surface area contributed by atoms with Crippen LogP contribution in [-0.2, 0) is 10.0 Å². The summed E-state index contributed by atoms with van der Waals surface area (Å²) in [5.74, 6) is 5.58. The zero-order valence-electron chi connectivity index (χ0n) is 14.4. The molecule has 3 nitrogen and oxygen atoms in total. The lowest BCUT2D eigenvalue weighted by Gasteiger charge is -2.18. The first-order chi connectivity index (χ1) is 12.0. The number of benzene rings is 2. The van der Waals surface area contributed by atoms with Gasteiger partial charge in [-0.1, -0.05) is 53.9 Å². The second-order valence-electron chi connectivity index (χ2n) is 5.46. The van der Waals surface area contributed by atoms with Crippen LogP contribution >= 0.6 is 0 Å². The second-order valence-corrected chi connectivity index (χ2v) is 7.40. The summed E-state index contributed by atoms with van der Waals surface area (Å²) in [5, 5.41) is 0. The van der Waals surface area contributed by atoms with Crippen molar-refractivity contribution in [2.24, 2.45) is 0 Å². The summed E-state index contributed by atoms with van der Waals surface area (Å²) in [6.07, 6.45) is 3.53. The van der Waals surface area contributed by atoms with Crippen LogP contribution in [0.5, 0.6) is 0 Å². The van der Waals surface area contributed by atoms with Crippen molar-refractivity contribution in [3.8, 4) is 11.8 Å². The van der Waals surface area contributed by atoms with Crippen molar-refractivity contribution in [2.45, 2.75) is 18.7 Å². The molecule has 128 valence electrons. The Hall–Kier alpha value is -2.57. The van der Waals surface area contributed by atoms with Gasteiger partial charge in [0.15, 0.2) is 0 Å². The third kappa shape index (κ3) is 5.48. The standard InChI is InChI=1S/C21H21NO2S/c1-3-4-17-22(18-9-8-12-20-10-6-5-7-11-20)25(23,24)21-15-13-19(2)14-16-21/h5-7,9-16H,17-18H2,1-2H3. The van der Waals surface area contributed by atoms with Crippen molar-refractivity contribution in [1.82, 2.24) is 4.31 Å². The van der Waals surface area contributed by atoms with Crippen molar-refractivity contribution in [2.75, 3.05) is 13.1 Å². The maximum Gasteiger partial charge on any atom is 0.244 e. The second kappa shape index (κ2) is 9.05. The van der Waals surface area contributed by atoms with Crippen molar-refractivity contribution in [3.05, 3.63) is 77.5 Å². The van der Waals surface area contributed by atoms with E-state index in [-0.39, 0.29) is 18.0 Å². The fraction of sp³-hybridized carbons (Fsp3) is 0.190. The molecule has 0 unspecified atom stereocenters. The van der Waals surface area contributed by atoms with Crippen LogP contribution < -0.4 is 0 Å². The number of hydrogen-bond acceptors (Lipinski definition) is 2. The lowest BCUT2D eigenvalue weighted by Crippen LogP contribution is -2.31. The van der Waals surface area contributed by atoms with Gasteiger partial charge in [0.05, 0.1) is 11.4 Å². The Morgan fingerprint density at radius 2 is 1.72 bits per heavy atom. The molecular formula is C21H21NO2S. The Morgan fingerprint density at radius 3 is 2.36 bits per heavy atom. The average Bonchev–Trinajstić information content (AvgIpc) is 2.62. The molecule has 0 aromatic heterocycles. The fourth-order valence-electron chi connectivity index (χ4n) is 2.13. The van der Waals surface area contributed by atoms with Crippen LogP contribution in [0.3, 0.4) is 0 Å².